The Kier molecular flexibility index (Phi) is 5.96. The summed E-state index contributed by atoms with van der Waals surface area (Å²) in [5, 5.41) is 0.420. The smallest absolute Gasteiger partial charge is 0.240 e. The second kappa shape index (κ2) is 7.02. The molecule has 0 radical (unpaired) electrons. The molecule has 1 atom stereocenters. The molecule has 3 N–H and O–H groups in total. The van der Waals surface area contributed by atoms with Crippen molar-refractivity contribution in [3.8, 4) is 5.75 Å². The van der Waals surface area contributed by atoms with Crippen molar-refractivity contribution >= 4 is 27.5 Å². The van der Waals surface area contributed by atoms with E-state index in [0.29, 0.717) is 23.2 Å². The van der Waals surface area contributed by atoms with Gasteiger partial charge in [-0.15, -0.1) is 0 Å². The Morgan fingerprint density at radius 2 is 2.16 bits per heavy atom. The Balaban J connectivity index is 2.77. The highest BCUT2D eigenvalue weighted by molar-refractivity contribution is 7.99. The first-order valence-corrected chi connectivity index (χ1v) is 8.63. The highest BCUT2D eigenvalue weighted by atomic mass is 32.2. The lowest BCUT2D eigenvalue weighted by Crippen LogP contribution is -2.26. The number of anilines is 1. The van der Waals surface area contributed by atoms with Crippen molar-refractivity contribution in [1.29, 1.82) is 0 Å². The summed E-state index contributed by atoms with van der Waals surface area (Å²) in [7, 11) is -2.05. The molecule has 7 heteroatoms. The van der Waals surface area contributed by atoms with E-state index in [1.165, 1.54) is 25.3 Å². The molecule has 0 aliphatic rings. The quantitative estimate of drug-likeness (QED) is 0.749. The van der Waals surface area contributed by atoms with Gasteiger partial charge in [-0.05, 0) is 24.8 Å². The maximum absolute atomic E-state index is 12.1. The lowest BCUT2D eigenvalue weighted by atomic mass is 10.3. The summed E-state index contributed by atoms with van der Waals surface area (Å²) in [6, 6.07) is 4.42. The van der Waals surface area contributed by atoms with Gasteiger partial charge in [-0.2, -0.15) is 11.8 Å². The van der Waals surface area contributed by atoms with Crippen LogP contribution < -0.4 is 15.2 Å². The Hall–Kier alpha value is -0.920. The number of thioether (sulfide) groups is 1. The molecule has 1 aromatic rings. The Labute approximate surface area is 119 Å². The summed E-state index contributed by atoms with van der Waals surface area (Å²) < 4.78 is 31.7. The fraction of sp³-hybridized carbons (Fsp3) is 0.500. The average molecular weight is 304 g/mol. The van der Waals surface area contributed by atoms with Crippen molar-refractivity contribution in [1.82, 2.24) is 4.72 Å². The summed E-state index contributed by atoms with van der Waals surface area (Å²) >= 11 is 1.71. The number of hydrogen-bond acceptors (Lipinski definition) is 5. The van der Waals surface area contributed by atoms with Crippen LogP contribution in [0.4, 0.5) is 5.69 Å². The summed E-state index contributed by atoms with van der Waals surface area (Å²) in [6.07, 6.45) is 2.79. The standard InChI is InChI=1S/C12H20N2O3S2/c1-9(18-3)6-7-14-19(15,16)10-4-5-11(13)12(8-10)17-2/h4-5,8-9,14H,6-7,13H2,1-3H3. The summed E-state index contributed by atoms with van der Waals surface area (Å²) in [6.45, 7) is 2.47. The minimum absolute atomic E-state index is 0.162. The molecule has 108 valence electrons. The fourth-order valence-corrected chi connectivity index (χ4v) is 2.87. The van der Waals surface area contributed by atoms with Gasteiger partial charge in [0, 0.05) is 17.9 Å². The molecule has 0 saturated carbocycles. The lowest BCUT2D eigenvalue weighted by Gasteiger charge is -2.11. The van der Waals surface area contributed by atoms with Crippen LogP contribution in [-0.4, -0.2) is 33.6 Å². The van der Waals surface area contributed by atoms with E-state index in [-0.39, 0.29) is 4.90 Å². The Morgan fingerprint density at radius 1 is 1.47 bits per heavy atom. The number of benzene rings is 1. The zero-order valence-electron chi connectivity index (χ0n) is 11.3. The minimum Gasteiger partial charge on any atom is -0.495 e. The second-order valence-corrected chi connectivity index (χ2v) is 7.18. The molecule has 19 heavy (non-hydrogen) atoms. The van der Waals surface area contributed by atoms with Crippen LogP contribution in [0.2, 0.25) is 0 Å². The van der Waals surface area contributed by atoms with Crippen LogP contribution in [0.5, 0.6) is 5.75 Å². The van der Waals surface area contributed by atoms with Gasteiger partial charge < -0.3 is 10.5 Å². The molecule has 0 saturated heterocycles. The molecule has 1 aromatic carbocycles. The van der Waals surface area contributed by atoms with Crippen LogP contribution in [0, 0.1) is 0 Å². The van der Waals surface area contributed by atoms with E-state index in [9.17, 15) is 8.42 Å². The van der Waals surface area contributed by atoms with Gasteiger partial charge in [0.05, 0.1) is 17.7 Å². The molecular formula is C12H20N2O3S2. The van der Waals surface area contributed by atoms with Gasteiger partial charge in [0.25, 0.3) is 0 Å². The maximum atomic E-state index is 12.1. The summed E-state index contributed by atoms with van der Waals surface area (Å²) in [4.78, 5) is 0.162. The van der Waals surface area contributed by atoms with Crippen molar-refractivity contribution in [2.24, 2.45) is 0 Å². The molecule has 0 amide bonds. The highest BCUT2D eigenvalue weighted by Gasteiger charge is 2.15. The molecule has 1 unspecified atom stereocenters. The van der Waals surface area contributed by atoms with Crippen LogP contribution in [0.25, 0.3) is 0 Å². The third-order valence-corrected chi connectivity index (χ3v) is 5.26. The summed E-state index contributed by atoms with van der Waals surface area (Å²) in [5.41, 5.74) is 6.07. The third-order valence-electron chi connectivity index (χ3n) is 2.76. The van der Waals surface area contributed by atoms with E-state index in [4.69, 9.17) is 10.5 Å². The molecule has 0 heterocycles. The van der Waals surface area contributed by atoms with Gasteiger partial charge in [-0.3, -0.25) is 0 Å². The maximum Gasteiger partial charge on any atom is 0.240 e. The van der Waals surface area contributed by atoms with E-state index in [0.717, 1.165) is 6.42 Å². The number of ether oxygens (including phenoxy) is 1. The number of methoxy groups -OCH3 is 1. The highest BCUT2D eigenvalue weighted by Crippen LogP contribution is 2.24. The monoisotopic (exact) mass is 304 g/mol. The molecular weight excluding hydrogens is 284 g/mol. The molecule has 0 aromatic heterocycles. The van der Waals surface area contributed by atoms with Crippen LogP contribution >= 0.6 is 11.8 Å². The second-order valence-electron chi connectivity index (χ2n) is 4.14. The predicted octanol–water partition coefficient (Wildman–Crippen LogP) is 1.70. The molecule has 5 nitrogen and oxygen atoms in total. The predicted molar refractivity (Wildman–Crippen MR) is 80.2 cm³/mol. The van der Waals surface area contributed by atoms with Crippen LogP contribution in [0.15, 0.2) is 23.1 Å². The van der Waals surface area contributed by atoms with Crippen LogP contribution in [0.3, 0.4) is 0 Å². The minimum atomic E-state index is -3.51. The van der Waals surface area contributed by atoms with E-state index < -0.39 is 10.0 Å². The number of nitrogens with two attached hydrogens (primary N) is 1. The van der Waals surface area contributed by atoms with Gasteiger partial charge in [0.1, 0.15) is 5.75 Å². The SMILES string of the molecule is COc1cc(S(=O)(=O)NCCC(C)SC)ccc1N. The van der Waals surface area contributed by atoms with Crippen molar-refractivity contribution in [3.63, 3.8) is 0 Å². The molecule has 0 fully saturated rings. The van der Waals surface area contributed by atoms with Crippen LogP contribution in [-0.2, 0) is 10.0 Å². The zero-order chi connectivity index (χ0) is 14.5. The molecule has 0 aliphatic carbocycles. The average Bonchev–Trinajstić information content (AvgIpc) is 2.38. The van der Waals surface area contributed by atoms with Crippen molar-refractivity contribution in [3.05, 3.63) is 18.2 Å². The topological polar surface area (TPSA) is 81.4 Å². The number of nitrogen functional groups attached to an aromatic ring is 1. The first-order valence-electron chi connectivity index (χ1n) is 5.86. The Morgan fingerprint density at radius 3 is 2.74 bits per heavy atom. The van der Waals surface area contributed by atoms with Crippen molar-refractivity contribution in [2.45, 2.75) is 23.5 Å². The van der Waals surface area contributed by atoms with Gasteiger partial charge in [-0.25, -0.2) is 13.1 Å². The Bertz CT molecular complexity index is 518. The first-order chi connectivity index (χ1) is 8.90. The number of sulfonamides is 1. The van der Waals surface area contributed by atoms with Gasteiger partial charge >= 0.3 is 0 Å². The normalized spacial score (nSPS) is 13.2. The van der Waals surface area contributed by atoms with E-state index >= 15 is 0 Å². The zero-order valence-corrected chi connectivity index (χ0v) is 13.0. The number of hydrogen-bond donors (Lipinski definition) is 2. The first kappa shape index (κ1) is 16.1. The van der Waals surface area contributed by atoms with E-state index in [2.05, 4.69) is 11.6 Å². The van der Waals surface area contributed by atoms with Gasteiger partial charge in [-0.1, -0.05) is 6.92 Å². The van der Waals surface area contributed by atoms with Gasteiger partial charge in [0.15, 0.2) is 0 Å². The lowest BCUT2D eigenvalue weighted by molar-refractivity contribution is 0.415. The molecule has 0 bridgehead atoms. The number of nitrogens with one attached hydrogen (secondary N) is 1. The molecule has 0 spiro atoms. The molecule has 1 rings (SSSR count). The summed E-state index contributed by atoms with van der Waals surface area (Å²) in [5.74, 6) is 0.361. The van der Waals surface area contributed by atoms with Gasteiger partial charge in [0.2, 0.25) is 10.0 Å². The number of rotatable bonds is 7. The van der Waals surface area contributed by atoms with Crippen molar-refractivity contribution < 1.29 is 13.2 Å². The third kappa shape index (κ3) is 4.59. The van der Waals surface area contributed by atoms with E-state index in [1.54, 1.807) is 11.8 Å². The van der Waals surface area contributed by atoms with E-state index in [1.807, 2.05) is 6.26 Å². The van der Waals surface area contributed by atoms with Crippen LogP contribution in [0.1, 0.15) is 13.3 Å². The van der Waals surface area contributed by atoms with Crippen molar-refractivity contribution in [2.75, 3.05) is 25.6 Å². The fourth-order valence-electron chi connectivity index (χ4n) is 1.46. The molecule has 0 aliphatic heterocycles. The largest absolute Gasteiger partial charge is 0.495 e.